The van der Waals surface area contributed by atoms with Crippen LogP contribution in [0.1, 0.15) is 26.5 Å². The molecule has 29 heavy (non-hydrogen) atoms. The van der Waals surface area contributed by atoms with Gasteiger partial charge in [-0.1, -0.05) is 32.9 Å². The van der Waals surface area contributed by atoms with Gasteiger partial charge in [0, 0.05) is 43.4 Å². The fourth-order valence-corrected chi connectivity index (χ4v) is 4.07. The van der Waals surface area contributed by atoms with Crippen molar-refractivity contribution in [1.82, 2.24) is 15.1 Å². The number of ether oxygens (including phenoxy) is 1. The van der Waals surface area contributed by atoms with E-state index in [1.807, 2.05) is 17.0 Å². The van der Waals surface area contributed by atoms with E-state index in [9.17, 15) is 9.18 Å². The number of likely N-dealkylation sites (tertiary alicyclic amines) is 1. The van der Waals surface area contributed by atoms with Crippen molar-refractivity contribution in [3.63, 3.8) is 0 Å². The maximum absolute atomic E-state index is 13.6. The first-order valence-corrected chi connectivity index (χ1v) is 10.1. The molecule has 1 amide bonds. The third kappa shape index (κ3) is 4.18. The lowest BCUT2D eigenvalue weighted by atomic mass is 9.92. The zero-order valence-electron chi connectivity index (χ0n) is 17.1. The van der Waals surface area contributed by atoms with Crippen LogP contribution in [0.3, 0.4) is 0 Å². The molecule has 4 rings (SSSR count). The number of fused-ring (bicyclic) bond motifs is 1. The summed E-state index contributed by atoms with van der Waals surface area (Å²) >= 11 is 0. The van der Waals surface area contributed by atoms with Crippen molar-refractivity contribution in [3.8, 4) is 5.75 Å². The number of para-hydroxylation sites is 1. The molecule has 0 aliphatic carbocycles. The molecule has 0 radical (unpaired) electrons. The molecular formula is C22H27FN4O2. The fourth-order valence-electron chi connectivity index (χ4n) is 4.07. The van der Waals surface area contributed by atoms with E-state index in [1.54, 1.807) is 12.1 Å². The molecule has 2 aromatic rings. The molecule has 2 unspecified atom stereocenters. The van der Waals surface area contributed by atoms with Crippen molar-refractivity contribution >= 4 is 11.7 Å². The van der Waals surface area contributed by atoms with Gasteiger partial charge < -0.3 is 14.5 Å². The van der Waals surface area contributed by atoms with Gasteiger partial charge in [0.05, 0.1) is 5.69 Å². The molecule has 0 bridgehead atoms. The van der Waals surface area contributed by atoms with E-state index in [-0.39, 0.29) is 23.7 Å². The summed E-state index contributed by atoms with van der Waals surface area (Å²) < 4.78 is 19.0. The number of carbonyl (C=O) groups is 1. The number of hydrogen-bond acceptors (Lipinski definition) is 5. The first-order valence-electron chi connectivity index (χ1n) is 10.1. The Hall–Kier alpha value is -2.70. The average Bonchev–Trinajstić information content (AvgIpc) is 3.26. The summed E-state index contributed by atoms with van der Waals surface area (Å²) in [6, 6.07) is 10.2. The molecule has 0 spiro atoms. The van der Waals surface area contributed by atoms with E-state index in [4.69, 9.17) is 4.74 Å². The Balaban J connectivity index is 1.30. The SMILES string of the molecule is CC(C)(C)c1ccc(N2CC3CN(C(=O)COc4ccccc4F)CC3C2)nn1. The van der Waals surface area contributed by atoms with Crippen molar-refractivity contribution in [3.05, 3.63) is 47.9 Å². The van der Waals surface area contributed by atoms with Gasteiger partial charge in [0.25, 0.3) is 5.91 Å². The Morgan fingerprint density at radius 2 is 1.76 bits per heavy atom. The molecule has 0 saturated carbocycles. The predicted molar refractivity (Wildman–Crippen MR) is 108 cm³/mol. The van der Waals surface area contributed by atoms with Gasteiger partial charge >= 0.3 is 0 Å². The number of carbonyl (C=O) groups excluding carboxylic acids is 1. The summed E-state index contributed by atoms with van der Waals surface area (Å²) in [6.07, 6.45) is 0. The molecule has 154 valence electrons. The van der Waals surface area contributed by atoms with Crippen LogP contribution in [0.25, 0.3) is 0 Å². The van der Waals surface area contributed by atoms with E-state index < -0.39 is 5.82 Å². The second-order valence-corrected chi connectivity index (χ2v) is 8.97. The molecule has 6 nitrogen and oxygen atoms in total. The normalized spacial score (nSPS) is 21.4. The summed E-state index contributed by atoms with van der Waals surface area (Å²) in [5, 5.41) is 8.81. The number of halogens is 1. The highest BCUT2D eigenvalue weighted by molar-refractivity contribution is 5.78. The maximum Gasteiger partial charge on any atom is 0.260 e. The molecule has 3 heterocycles. The van der Waals surface area contributed by atoms with Gasteiger partial charge in [-0.05, 0) is 24.3 Å². The monoisotopic (exact) mass is 398 g/mol. The lowest BCUT2D eigenvalue weighted by molar-refractivity contribution is -0.132. The second kappa shape index (κ2) is 7.61. The van der Waals surface area contributed by atoms with E-state index >= 15 is 0 Å². The summed E-state index contributed by atoms with van der Waals surface area (Å²) in [4.78, 5) is 16.6. The van der Waals surface area contributed by atoms with Crippen molar-refractivity contribution in [2.45, 2.75) is 26.2 Å². The van der Waals surface area contributed by atoms with Gasteiger partial charge in [-0.3, -0.25) is 4.79 Å². The van der Waals surface area contributed by atoms with Crippen LogP contribution in [0.5, 0.6) is 5.75 Å². The number of benzene rings is 1. The van der Waals surface area contributed by atoms with Crippen LogP contribution >= 0.6 is 0 Å². The van der Waals surface area contributed by atoms with Crippen molar-refractivity contribution < 1.29 is 13.9 Å². The van der Waals surface area contributed by atoms with Crippen LogP contribution < -0.4 is 9.64 Å². The molecule has 1 aromatic carbocycles. The Bertz CT molecular complexity index is 867. The van der Waals surface area contributed by atoms with Crippen molar-refractivity contribution in [2.75, 3.05) is 37.7 Å². The summed E-state index contributed by atoms with van der Waals surface area (Å²) in [7, 11) is 0. The molecule has 7 heteroatoms. The minimum absolute atomic E-state index is 0.0152. The van der Waals surface area contributed by atoms with Gasteiger partial charge in [0.2, 0.25) is 0 Å². The number of anilines is 1. The molecule has 2 fully saturated rings. The number of nitrogens with zero attached hydrogens (tertiary/aromatic N) is 4. The van der Waals surface area contributed by atoms with Crippen LogP contribution in [-0.4, -0.2) is 53.8 Å². The largest absolute Gasteiger partial charge is 0.481 e. The van der Waals surface area contributed by atoms with Crippen LogP contribution in [0.15, 0.2) is 36.4 Å². The van der Waals surface area contributed by atoms with Crippen LogP contribution in [-0.2, 0) is 10.2 Å². The Morgan fingerprint density at radius 1 is 1.07 bits per heavy atom. The van der Waals surface area contributed by atoms with Gasteiger partial charge in [-0.2, -0.15) is 5.10 Å². The standard InChI is InChI=1S/C22H27FN4O2/c1-22(2,3)19-8-9-20(25-24-19)26-10-15-12-27(13-16(15)11-26)21(28)14-29-18-7-5-4-6-17(18)23/h4-9,15-16H,10-14H2,1-3H3. The quantitative estimate of drug-likeness (QED) is 0.793. The molecule has 2 aliphatic heterocycles. The Labute approximate surface area is 170 Å². The Morgan fingerprint density at radius 3 is 2.34 bits per heavy atom. The van der Waals surface area contributed by atoms with Crippen LogP contribution in [0, 0.1) is 17.7 Å². The van der Waals surface area contributed by atoms with E-state index in [0.717, 1.165) is 24.6 Å². The summed E-state index contributed by atoms with van der Waals surface area (Å²) in [5.74, 6) is 1.29. The van der Waals surface area contributed by atoms with Crippen molar-refractivity contribution in [2.24, 2.45) is 11.8 Å². The molecule has 2 saturated heterocycles. The lowest BCUT2D eigenvalue weighted by Gasteiger charge is -2.23. The van der Waals surface area contributed by atoms with E-state index in [2.05, 4.69) is 35.9 Å². The van der Waals surface area contributed by atoms with Gasteiger partial charge in [-0.15, -0.1) is 5.10 Å². The topological polar surface area (TPSA) is 58.6 Å². The predicted octanol–water partition coefficient (Wildman–Crippen LogP) is 2.89. The van der Waals surface area contributed by atoms with Crippen molar-refractivity contribution in [1.29, 1.82) is 0 Å². The molecule has 1 aromatic heterocycles. The Kier molecular flexibility index (Phi) is 5.15. The molecule has 2 atom stereocenters. The van der Waals surface area contributed by atoms with E-state index in [1.165, 1.54) is 12.1 Å². The molecule has 0 N–H and O–H groups in total. The fraction of sp³-hybridized carbons (Fsp3) is 0.500. The summed E-state index contributed by atoms with van der Waals surface area (Å²) in [5.41, 5.74) is 0.964. The highest BCUT2D eigenvalue weighted by Gasteiger charge is 2.42. The highest BCUT2D eigenvalue weighted by atomic mass is 19.1. The van der Waals surface area contributed by atoms with Gasteiger partial charge in [0.15, 0.2) is 24.0 Å². The first kappa shape index (κ1) is 19.6. The molecular weight excluding hydrogens is 371 g/mol. The lowest BCUT2D eigenvalue weighted by Crippen LogP contribution is -2.36. The van der Waals surface area contributed by atoms with E-state index in [0.29, 0.717) is 24.9 Å². The number of amides is 1. The minimum atomic E-state index is -0.451. The third-order valence-electron chi connectivity index (χ3n) is 5.77. The minimum Gasteiger partial charge on any atom is -0.481 e. The van der Waals surface area contributed by atoms with Crippen LogP contribution in [0.4, 0.5) is 10.2 Å². The van der Waals surface area contributed by atoms with Gasteiger partial charge in [-0.25, -0.2) is 4.39 Å². The number of aromatic nitrogens is 2. The third-order valence-corrected chi connectivity index (χ3v) is 5.77. The average molecular weight is 398 g/mol. The first-order chi connectivity index (χ1) is 13.8. The molecule has 2 aliphatic rings. The smallest absolute Gasteiger partial charge is 0.260 e. The number of hydrogen-bond donors (Lipinski definition) is 0. The maximum atomic E-state index is 13.6. The zero-order valence-corrected chi connectivity index (χ0v) is 17.1. The zero-order chi connectivity index (χ0) is 20.6. The second-order valence-electron chi connectivity index (χ2n) is 8.97. The highest BCUT2D eigenvalue weighted by Crippen LogP contribution is 2.33. The number of rotatable bonds is 4. The van der Waals surface area contributed by atoms with Gasteiger partial charge in [0.1, 0.15) is 0 Å². The summed E-state index contributed by atoms with van der Waals surface area (Å²) in [6.45, 7) is 9.37. The van der Waals surface area contributed by atoms with Crippen LogP contribution in [0.2, 0.25) is 0 Å².